The lowest BCUT2D eigenvalue weighted by molar-refractivity contribution is 0.281. The molecule has 1 aliphatic carbocycles. The Hall–Kier alpha value is -2.86. The molecule has 6 heteroatoms. The van der Waals surface area contributed by atoms with Crippen LogP contribution in [-0.2, 0) is 0 Å². The van der Waals surface area contributed by atoms with Crippen molar-refractivity contribution < 1.29 is 13.9 Å². The molecule has 30 heavy (non-hydrogen) atoms. The zero-order chi connectivity index (χ0) is 20.8. The number of nitrogens with zero attached hydrogens (tertiary/aromatic N) is 3. The summed E-state index contributed by atoms with van der Waals surface area (Å²) in [4.78, 5) is 2.15. The average molecular weight is 408 g/mol. The average Bonchev–Trinajstić information content (AvgIpc) is 3.36. The first-order chi connectivity index (χ1) is 14.7. The Kier molecular flexibility index (Phi) is 6.64. The second-order valence-electron chi connectivity index (χ2n) is 8.03. The summed E-state index contributed by atoms with van der Waals surface area (Å²) in [5, 5.41) is 8.52. The summed E-state index contributed by atoms with van der Waals surface area (Å²) < 4.78 is 17.5. The molecule has 1 aromatic heterocycles. The van der Waals surface area contributed by atoms with Crippen LogP contribution in [0.1, 0.15) is 31.1 Å². The predicted octanol–water partition coefficient (Wildman–Crippen LogP) is 4.64. The minimum Gasteiger partial charge on any atom is -0.494 e. The zero-order valence-corrected chi connectivity index (χ0v) is 17.7. The Bertz CT molecular complexity index is 909. The molecule has 3 aromatic rings. The van der Waals surface area contributed by atoms with Crippen LogP contribution in [0.25, 0.3) is 11.5 Å². The third kappa shape index (κ3) is 5.60. The molecule has 2 unspecified atom stereocenters. The van der Waals surface area contributed by atoms with E-state index in [0.717, 1.165) is 48.8 Å². The molecule has 2 atom stereocenters. The van der Waals surface area contributed by atoms with E-state index >= 15 is 0 Å². The minimum absolute atomic E-state index is 0.352. The second kappa shape index (κ2) is 9.76. The fourth-order valence-electron chi connectivity index (χ4n) is 3.48. The van der Waals surface area contributed by atoms with E-state index < -0.39 is 0 Å². The van der Waals surface area contributed by atoms with Crippen molar-refractivity contribution >= 4 is 0 Å². The maximum absolute atomic E-state index is 5.94. The van der Waals surface area contributed by atoms with Gasteiger partial charge >= 0.3 is 0 Å². The van der Waals surface area contributed by atoms with Gasteiger partial charge in [-0.3, -0.25) is 0 Å². The monoisotopic (exact) mass is 407 g/mol. The summed E-state index contributed by atoms with van der Waals surface area (Å²) in [6, 6.07) is 17.8. The smallest absolute Gasteiger partial charge is 0.247 e. The maximum Gasteiger partial charge on any atom is 0.247 e. The van der Waals surface area contributed by atoms with E-state index in [2.05, 4.69) is 29.2 Å². The van der Waals surface area contributed by atoms with E-state index in [1.807, 2.05) is 54.6 Å². The molecule has 0 aliphatic heterocycles. The molecule has 0 saturated heterocycles. The van der Waals surface area contributed by atoms with Gasteiger partial charge in [0.2, 0.25) is 11.8 Å². The van der Waals surface area contributed by atoms with Gasteiger partial charge in [-0.1, -0.05) is 18.2 Å². The second-order valence-corrected chi connectivity index (χ2v) is 8.03. The first-order valence-corrected chi connectivity index (χ1v) is 10.6. The molecule has 0 spiro atoms. The van der Waals surface area contributed by atoms with E-state index in [4.69, 9.17) is 13.9 Å². The van der Waals surface area contributed by atoms with Crippen molar-refractivity contribution in [3.05, 3.63) is 60.5 Å². The van der Waals surface area contributed by atoms with E-state index in [1.54, 1.807) is 0 Å². The number of rotatable bonds is 11. The Balaban J connectivity index is 1.23. The number of ether oxygens (including phenoxy) is 2. The Labute approximate surface area is 177 Å². The molecule has 158 valence electrons. The van der Waals surface area contributed by atoms with Gasteiger partial charge in [-0.2, -0.15) is 0 Å². The van der Waals surface area contributed by atoms with Crippen LogP contribution >= 0.6 is 0 Å². The maximum atomic E-state index is 5.94. The number of aromatic nitrogens is 2. The largest absolute Gasteiger partial charge is 0.494 e. The Morgan fingerprint density at radius 2 is 1.67 bits per heavy atom. The molecule has 1 fully saturated rings. The molecule has 4 rings (SSSR count). The minimum atomic E-state index is 0.352. The van der Waals surface area contributed by atoms with Gasteiger partial charge in [0.15, 0.2) is 0 Å². The van der Waals surface area contributed by atoms with Crippen LogP contribution in [0.5, 0.6) is 11.5 Å². The van der Waals surface area contributed by atoms with Gasteiger partial charge < -0.3 is 18.8 Å². The summed E-state index contributed by atoms with van der Waals surface area (Å²) in [6.07, 6.45) is 3.08. The number of hydrogen-bond donors (Lipinski definition) is 0. The lowest BCUT2D eigenvalue weighted by Crippen LogP contribution is -2.15. The van der Waals surface area contributed by atoms with Gasteiger partial charge in [0.1, 0.15) is 11.5 Å². The van der Waals surface area contributed by atoms with Gasteiger partial charge in [-0.05, 0) is 75.7 Å². The number of para-hydroxylation sites is 1. The van der Waals surface area contributed by atoms with Gasteiger partial charge in [-0.25, -0.2) is 0 Å². The molecular formula is C24H29N3O3. The highest BCUT2D eigenvalue weighted by atomic mass is 16.5. The molecule has 1 aliphatic rings. The molecule has 2 aromatic carbocycles. The summed E-state index contributed by atoms with van der Waals surface area (Å²) in [5.74, 6) is 3.98. The standard InChI is InChI=1S/C24H29N3O3/c1-27(2)14-6-15-28-21-11-9-18(10-12-21)23-25-26-24(30-23)22-17-19(22)13-16-29-20-7-4-3-5-8-20/h3-5,7-12,19,22H,6,13-17H2,1-2H3. The summed E-state index contributed by atoms with van der Waals surface area (Å²) in [6.45, 7) is 2.44. The van der Waals surface area contributed by atoms with Crippen LogP contribution < -0.4 is 9.47 Å². The molecular weight excluding hydrogens is 378 g/mol. The van der Waals surface area contributed by atoms with Crippen molar-refractivity contribution in [3.63, 3.8) is 0 Å². The van der Waals surface area contributed by atoms with Gasteiger partial charge in [0.05, 0.1) is 13.2 Å². The SMILES string of the molecule is CN(C)CCCOc1ccc(-c2nnc(C3CC3CCOc3ccccc3)o2)cc1. The van der Waals surface area contributed by atoms with Gasteiger partial charge in [0.25, 0.3) is 0 Å². The van der Waals surface area contributed by atoms with Crippen LogP contribution in [-0.4, -0.2) is 49.0 Å². The molecule has 1 heterocycles. The third-order valence-corrected chi connectivity index (χ3v) is 5.30. The quantitative estimate of drug-likeness (QED) is 0.432. The zero-order valence-electron chi connectivity index (χ0n) is 17.7. The van der Waals surface area contributed by atoms with Crippen LogP contribution in [0.2, 0.25) is 0 Å². The summed E-state index contributed by atoms with van der Waals surface area (Å²) in [7, 11) is 4.13. The first kappa shape index (κ1) is 20.4. The molecule has 1 saturated carbocycles. The molecule has 6 nitrogen and oxygen atoms in total. The van der Waals surface area contributed by atoms with Crippen LogP contribution in [0, 0.1) is 5.92 Å². The van der Waals surface area contributed by atoms with Crippen LogP contribution in [0.4, 0.5) is 0 Å². The van der Waals surface area contributed by atoms with Crippen molar-refractivity contribution in [2.45, 2.75) is 25.2 Å². The Morgan fingerprint density at radius 1 is 0.933 bits per heavy atom. The van der Waals surface area contributed by atoms with Crippen molar-refractivity contribution in [2.24, 2.45) is 5.92 Å². The predicted molar refractivity (Wildman–Crippen MR) is 116 cm³/mol. The lowest BCUT2D eigenvalue weighted by Gasteiger charge is -2.10. The molecule has 0 N–H and O–H groups in total. The number of benzene rings is 2. The van der Waals surface area contributed by atoms with Crippen molar-refractivity contribution in [3.8, 4) is 23.0 Å². The molecule has 0 bridgehead atoms. The number of hydrogen-bond acceptors (Lipinski definition) is 6. The normalized spacial score (nSPS) is 17.8. The highest BCUT2D eigenvalue weighted by molar-refractivity contribution is 5.54. The van der Waals surface area contributed by atoms with Gasteiger partial charge in [-0.15, -0.1) is 10.2 Å². The van der Waals surface area contributed by atoms with E-state index in [1.165, 1.54) is 0 Å². The third-order valence-electron chi connectivity index (χ3n) is 5.30. The summed E-state index contributed by atoms with van der Waals surface area (Å²) in [5.41, 5.74) is 0.916. The van der Waals surface area contributed by atoms with Crippen molar-refractivity contribution in [2.75, 3.05) is 33.9 Å². The Morgan fingerprint density at radius 3 is 2.43 bits per heavy atom. The van der Waals surface area contributed by atoms with Crippen LogP contribution in [0.3, 0.4) is 0 Å². The summed E-state index contributed by atoms with van der Waals surface area (Å²) >= 11 is 0. The van der Waals surface area contributed by atoms with Gasteiger partial charge in [0, 0.05) is 18.0 Å². The lowest BCUT2D eigenvalue weighted by atomic mass is 10.2. The van der Waals surface area contributed by atoms with Crippen LogP contribution in [0.15, 0.2) is 59.0 Å². The first-order valence-electron chi connectivity index (χ1n) is 10.6. The highest BCUT2D eigenvalue weighted by Gasteiger charge is 2.42. The van der Waals surface area contributed by atoms with E-state index in [0.29, 0.717) is 30.9 Å². The fourth-order valence-corrected chi connectivity index (χ4v) is 3.48. The topological polar surface area (TPSA) is 60.6 Å². The van der Waals surface area contributed by atoms with E-state index in [9.17, 15) is 0 Å². The van der Waals surface area contributed by atoms with Crippen molar-refractivity contribution in [1.82, 2.24) is 15.1 Å². The highest BCUT2D eigenvalue weighted by Crippen LogP contribution is 2.49. The van der Waals surface area contributed by atoms with E-state index in [-0.39, 0.29) is 0 Å². The molecule has 0 radical (unpaired) electrons. The van der Waals surface area contributed by atoms with Crippen molar-refractivity contribution in [1.29, 1.82) is 0 Å². The fraction of sp³-hybridized carbons (Fsp3) is 0.417. The molecule has 0 amide bonds.